The molecule has 1 saturated heterocycles. The van der Waals surface area contributed by atoms with Gasteiger partial charge in [0.15, 0.2) is 5.82 Å². The van der Waals surface area contributed by atoms with Crippen molar-refractivity contribution >= 4 is 0 Å². The monoisotopic (exact) mass is 295 g/mol. The van der Waals surface area contributed by atoms with Crippen LogP contribution in [0.15, 0.2) is 36.7 Å². The number of aromatic nitrogens is 2. The van der Waals surface area contributed by atoms with Crippen molar-refractivity contribution in [3.05, 3.63) is 47.8 Å². The maximum Gasteiger partial charge on any atom is 0.159 e. The second-order valence-electron chi connectivity index (χ2n) is 6.16. The molecule has 1 fully saturated rings. The average molecular weight is 295 g/mol. The summed E-state index contributed by atoms with van der Waals surface area (Å²) in [6, 6.07) is 9.25. The lowest BCUT2D eigenvalue weighted by molar-refractivity contribution is 0.175. The van der Waals surface area contributed by atoms with Gasteiger partial charge in [-0.05, 0) is 50.4 Å². The van der Waals surface area contributed by atoms with Gasteiger partial charge in [-0.2, -0.15) is 0 Å². The summed E-state index contributed by atoms with van der Waals surface area (Å²) in [5.41, 5.74) is 3.66. The summed E-state index contributed by atoms with van der Waals surface area (Å²) in [7, 11) is 0. The Hall–Kier alpha value is -1.74. The molecular weight excluding hydrogens is 270 g/mol. The van der Waals surface area contributed by atoms with E-state index in [1.165, 1.54) is 43.5 Å². The lowest BCUT2D eigenvalue weighted by Crippen LogP contribution is -2.32. The van der Waals surface area contributed by atoms with Gasteiger partial charge in [0.1, 0.15) is 0 Å². The molecule has 0 amide bonds. The van der Waals surface area contributed by atoms with Crippen LogP contribution < -0.4 is 0 Å². The SMILES string of the molecule is CCc1cnc(-c2ccc([C@H](C)N3CCCCC3)cc2)nc1. The van der Waals surface area contributed by atoms with E-state index in [1.807, 2.05) is 12.4 Å². The number of rotatable bonds is 4. The number of nitrogens with zero attached hydrogens (tertiary/aromatic N) is 3. The van der Waals surface area contributed by atoms with Crippen molar-refractivity contribution < 1.29 is 0 Å². The highest BCUT2D eigenvalue weighted by atomic mass is 15.2. The van der Waals surface area contributed by atoms with Crippen LogP contribution in [0.5, 0.6) is 0 Å². The molecule has 0 saturated carbocycles. The minimum absolute atomic E-state index is 0.498. The van der Waals surface area contributed by atoms with Crippen molar-refractivity contribution in [3.63, 3.8) is 0 Å². The first-order valence-corrected chi connectivity index (χ1v) is 8.43. The average Bonchev–Trinajstić information content (AvgIpc) is 2.62. The van der Waals surface area contributed by atoms with Crippen LogP contribution in [-0.2, 0) is 6.42 Å². The molecule has 1 aliphatic rings. The number of hydrogen-bond donors (Lipinski definition) is 0. The Kier molecular flexibility index (Phi) is 4.84. The first-order chi connectivity index (χ1) is 10.8. The number of piperidine rings is 1. The van der Waals surface area contributed by atoms with E-state index in [4.69, 9.17) is 0 Å². The number of aryl methyl sites for hydroxylation is 1. The van der Waals surface area contributed by atoms with Crippen LogP contribution in [0.2, 0.25) is 0 Å². The van der Waals surface area contributed by atoms with Crippen molar-refractivity contribution in [1.82, 2.24) is 14.9 Å². The van der Waals surface area contributed by atoms with Gasteiger partial charge in [-0.3, -0.25) is 4.90 Å². The molecular formula is C19H25N3. The molecule has 2 heterocycles. The van der Waals surface area contributed by atoms with Crippen molar-refractivity contribution in [2.24, 2.45) is 0 Å². The summed E-state index contributed by atoms with van der Waals surface area (Å²) >= 11 is 0. The number of hydrogen-bond acceptors (Lipinski definition) is 3. The van der Waals surface area contributed by atoms with Gasteiger partial charge >= 0.3 is 0 Å². The van der Waals surface area contributed by atoms with Gasteiger partial charge in [-0.25, -0.2) is 9.97 Å². The molecule has 2 aromatic rings. The van der Waals surface area contributed by atoms with Gasteiger partial charge in [-0.15, -0.1) is 0 Å². The molecule has 0 unspecified atom stereocenters. The molecule has 22 heavy (non-hydrogen) atoms. The minimum atomic E-state index is 0.498. The Morgan fingerprint density at radius 3 is 2.23 bits per heavy atom. The summed E-state index contributed by atoms with van der Waals surface area (Å²) in [6.45, 7) is 6.89. The normalized spacial score (nSPS) is 17.4. The second kappa shape index (κ2) is 7.01. The zero-order valence-electron chi connectivity index (χ0n) is 13.6. The zero-order chi connectivity index (χ0) is 15.4. The highest BCUT2D eigenvalue weighted by Crippen LogP contribution is 2.25. The first kappa shape index (κ1) is 15.2. The molecule has 1 aromatic carbocycles. The fraction of sp³-hybridized carbons (Fsp3) is 0.474. The van der Waals surface area contributed by atoms with Gasteiger partial charge in [-0.1, -0.05) is 37.6 Å². The predicted octanol–water partition coefficient (Wildman–Crippen LogP) is 4.25. The molecule has 3 rings (SSSR count). The van der Waals surface area contributed by atoms with Crippen LogP contribution in [0.3, 0.4) is 0 Å². The molecule has 0 N–H and O–H groups in total. The summed E-state index contributed by atoms with van der Waals surface area (Å²) < 4.78 is 0. The third kappa shape index (κ3) is 3.36. The van der Waals surface area contributed by atoms with E-state index in [1.54, 1.807) is 0 Å². The highest BCUT2D eigenvalue weighted by molar-refractivity contribution is 5.55. The van der Waals surface area contributed by atoms with Gasteiger partial charge in [0.05, 0.1) is 0 Å². The molecule has 0 bridgehead atoms. The standard InChI is InChI=1S/C19H25N3/c1-3-16-13-20-19(21-14-16)18-9-7-17(8-10-18)15(2)22-11-5-4-6-12-22/h7-10,13-15H,3-6,11-12H2,1-2H3/t15-/m0/s1. The van der Waals surface area contributed by atoms with E-state index in [0.29, 0.717) is 6.04 Å². The minimum Gasteiger partial charge on any atom is -0.297 e. The Morgan fingerprint density at radius 2 is 1.64 bits per heavy atom. The van der Waals surface area contributed by atoms with E-state index in [2.05, 4.69) is 53.0 Å². The van der Waals surface area contributed by atoms with Crippen LogP contribution in [0.1, 0.15) is 50.3 Å². The largest absolute Gasteiger partial charge is 0.297 e. The molecule has 3 heteroatoms. The van der Waals surface area contributed by atoms with E-state index in [-0.39, 0.29) is 0 Å². The van der Waals surface area contributed by atoms with Gasteiger partial charge in [0.2, 0.25) is 0 Å². The zero-order valence-corrected chi connectivity index (χ0v) is 13.6. The molecule has 0 spiro atoms. The van der Waals surface area contributed by atoms with Crippen LogP contribution in [-0.4, -0.2) is 28.0 Å². The molecule has 0 radical (unpaired) electrons. The first-order valence-electron chi connectivity index (χ1n) is 8.43. The summed E-state index contributed by atoms with van der Waals surface area (Å²) in [6.07, 6.45) is 8.87. The smallest absolute Gasteiger partial charge is 0.159 e. The maximum absolute atomic E-state index is 4.46. The Balaban J connectivity index is 1.73. The second-order valence-corrected chi connectivity index (χ2v) is 6.16. The molecule has 1 aliphatic heterocycles. The van der Waals surface area contributed by atoms with Crippen molar-refractivity contribution in [2.45, 2.75) is 45.6 Å². The number of likely N-dealkylation sites (tertiary alicyclic amines) is 1. The van der Waals surface area contributed by atoms with Crippen molar-refractivity contribution in [3.8, 4) is 11.4 Å². The topological polar surface area (TPSA) is 29.0 Å². The molecule has 1 atom stereocenters. The Bertz CT molecular complexity index is 583. The van der Waals surface area contributed by atoms with E-state index in [9.17, 15) is 0 Å². The van der Waals surface area contributed by atoms with Gasteiger partial charge < -0.3 is 0 Å². The van der Waals surface area contributed by atoms with Crippen LogP contribution in [0.25, 0.3) is 11.4 Å². The van der Waals surface area contributed by atoms with Crippen LogP contribution in [0.4, 0.5) is 0 Å². The summed E-state index contributed by atoms with van der Waals surface area (Å²) in [5, 5.41) is 0. The van der Waals surface area contributed by atoms with E-state index < -0.39 is 0 Å². The molecule has 0 aliphatic carbocycles. The molecule has 116 valence electrons. The predicted molar refractivity (Wildman–Crippen MR) is 90.7 cm³/mol. The maximum atomic E-state index is 4.46. The van der Waals surface area contributed by atoms with Crippen LogP contribution in [0, 0.1) is 0 Å². The lowest BCUT2D eigenvalue weighted by Gasteiger charge is -2.32. The third-order valence-electron chi connectivity index (χ3n) is 4.70. The Labute approximate surface area is 133 Å². The highest BCUT2D eigenvalue weighted by Gasteiger charge is 2.18. The van der Waals surface area contributed by atoms with Crippen LogP contribution >= 0.6 is 0 Å². The molecule has 3 nitrogen and oxygen atoms in total. The number of benzene rings is 1. The van der Waals surface area contributed by atoms with Gasteiger partial charge in [0, 0.05) is 24.0 Å². The fourth-order valence-corrected chi connectivity index (χ4v) is 3.11. The van der Waals surface area contributed by atoms with E-state index >= 15 is 0 Å². The third-order valence-corrected chi connectivity index (χ3v) is 4.70. The van der Waals surface area contributed by atoms with Crippen molar-refractivity contribution in [1.29, 1.82) is 0 Å². The van der Waals surface area contributed by atoms with E-state index in [0.717, 1.165) is 17.8 Å². The quantitative estimate of drug-likeness (QED) is 0.844. The molecule has 1 aromatic heterocycles. The van der Waals surface area contributed by atoms with Crippen molar-refractivity contribution in [2.75, 3.05) is 13.1 Å². The Morgan fingerprint density at radius 1 is 1.00 bits per heavy atom. The lowest BCUT2D eigenvalue weighted by atomic mass is 10.0. The summed E-state index contributed by atoms with van der Waals surface area (Å²) in [5.74, 6) is 0.814. The fourth-order valence-electron chi connectivity index (χ4n) is 3.11. The van der Waals surface area contributed by atoms with Gasteiger partial charge in [0.25, 0.3) is 0 Å². The summed E-state index contributed by atoms with van der Waals surface area (Å²) in [4.78, 5) is 11.5.